The summed E-state index contributed by atoms with van der Waals surface area (Å²) < 4.78 is 5.95. The lowest BCUT2D eigenvalue weighted by Crippen LogP contribution is -2.52. The predicted octanol–water partition coefficient (Wildman–Crippen LogP) is 4.82. The van der Waals surface area contributed by atoms with Gasteiger partial charge in [0, 0.05) is 36.3 Å². The largest absolute Gasteiger partial charge is 0.457 e. The molecular weight excluding hydrogens is 476 g/mol. The van der Waals surface area contributed by atoms with Gasteiger partial charge in [0.25, 0.3) is 5.91 Å². The Morgan fingerprint density at radius 1 is 1.13 bits per heavy atom. The maximum Gasteiger partial charge on any atom is 0.264 e. The number of hydrazine groups is 1. The molecule has 1 saturated heterocycles. The van der Waals surface area contributed by atoms with Crippen molar-refractivity contribution in [3.05, 3.63) is 84.1 Å². The summed E-state index contributed by atoms with van der Waals surface area (Å²) in [5, 5.41) is 9.62. The van der Waals surface area contributed by atoms with Gasteiger partial charge in [-0.05, 0) is 74.1 Å². The van der Waals surface area contributed by atoms with Crippen LogP contribution >= 0.6 is 0 Å². The van der Waals surface area contributed by atoms with Crippen LogP contribution in [0.4, 0.5) is 5.69 Å². The molecule has 8 heteroatoms. The van der Waals surface area contributed by atoms with Crippen LogP contribution in [0.25, 0.3) is 11.3 Å². The Balaban J connectivity index is 1.25. The number of nitrogens with one attached hydrogen (secondary N) is 2. The van der Waals surface area contributed by atoms with Crippen LogP contribution in [0.2, 0.25) is 0 Å². The van der Waals surface area contributed by atoms with Crippen molar-refractivity contribution in [2.45, 2.75) is 43.8 Å². The highest BCUT2D eigenvalue weighted by Gasteiger charge is 2.43. The molecule has 1 saturated carbocycles. The molecule has 2 fully saturated rings. The van der Waals surface area contributed by atoms with Gasteiger partial charge in [0.15, 0.2) is 0 Å². The second-order valence-electron chi connectivity index (χ2n) is 10.3. The predicted molar refractivity (Wildman–Crippen MR) is 145 cm³/mol. The number of amides is 1. The second-order valence-corrected chi connectivity index (χ2v) is 10.3. The lowest BCUT2D eigenvalue weighted by atomic mass is 9.89. The van der Waals surface area contributed by atoms with Crippen LogP contribution in [-0.4, -0.2) is 28.4 Å². The van der Waals surface area contributed by atoms with Gasteiger partial charge in [-0.1, -0.05) is 24.3 Å². The van der Waals surface area contributed by atoms with Gasteiger partial charge in [0.1, 0.15) is 28.8 Å². The minimum Gasteiger partial charge on any atom is -0.457 e. The number of benzene rings is 2. The SMILES string of the molecule is N#C/C(=C\C1CC1)C(=O)N1CCCC1CC1(N)NNc2ccnc(-c3ccc(Oc4ccccc4)cc3)c21. The van der Waals surface area contributed by atoms with E-state index in [2.05, 4.69) is 16.9 Å². The number of para-hydroxylation sites is 1. The van der Waals surface area contributed by atoms with Crippen molar-refractivity contribution in [1.82, 2.24) is 15.3 Å². The molecule has 2 atom stereocenters. The number of pyridine rings is 1. The Morgan fingerprint density at radius 2 is 1.89 bits per heavy atom. The van der Waals surface area contributed by atoms with Crippen molar-refractivity contribution in [3.8, 4) is 28.8 Å². The van der Waals surface area contributed by atoms with E-state index >= 15 is 0 Å². The van der Waals surface area contributed by atoms with Gasteiger partial charge in [-0.2, -0.15) is 5.26 Å². The maximum atomic E-state index is 13.3. The van der Waals surface area contributed by atoms with Gasteiger partial charge in [0.05, 0.1) is 11.4 Å². The fraction of sp³-hybridized carbons (Fsp3) is 0.300. The van der Waals surface area contributed by atoms with E-state index < -0.39 is 5.66 Å². The minimum atomic E-state index is -0.946. The molecule has 3 aliphatic rings. The van der Waals surface area contributed by atoms with Gasteiger partial charge in [-0.25, -0.2) is 5.43 Å². The number of fused-ring (bicyclic) bond motifs is 1. The molecule has 38 heavy (non-hydrogen) atoms. The summed E-state index contributed by atoms with van der Waals surface area (Å²) >= 11 is 0. The number of rotatable bonds is 7. The molecule has 0 radical (unpaired) electrons. The zero-order chi connectivity index (χ0) is 26.1. The number of likely N-dealkylation sites (tertiary alicyclic amines) is 1. The summed E-state index contributed by atoms with van der Waals surface area (Å²) in [7, 11) is 0. The first-order valence-corrected chi connectivity index (χ1v) is 13.1. The number of carbonyl (C=O) groups is 1. The molecule has 2 aliphatic heterocycles. The number of allylic oxidation sites excluding steroid dienone is 1. The first-order chi connectivity index (χ1) is 18.5. The number of aromatic nitrogens is 1. The van der Waals surface area contributed by atoms with E-state index in [1.54, 1.807) is 6.20 Å². The molecule has 3 aromatic rings. The molecule has 1 amide bonds. The third-order valence-electron chi connectivity index (χ3n) is 7.49. The van der Waals surface area contributed by atoms with Gasteiger partial charge in [-0.15, -0.1) is 0 Å². The topological polar surface area (TPSA) is 116 Å². The summed E-state index contributed by atoms with van der Waals surface area (Å²) in [5.41, 5.74) is 16.3. The van der Waals surface area contributed by atoms with Crippen molar-refractivity contribution in [2.75, 3.05) is 12.0 Å². The third-order valence-corrected chi connectivity index (χ3v) is 7.49. The van der Waals surface area contributed by atoms with E-state index in [4.69, 9.17) is 15.5 Å². The highest BCUT2D eigenvalue weighted by atomic mass is 16.5. The Kier molecular flexibility index (Phi) is 6.32. The normalized spacial score (nSPS) is 22.5. The fourth-order valence-corrected chi connectivity index (χ4v) is 5.43. The Hall–Kier alpha value is -4.19. The summed E-state index contributed by atoms with van der Waals surface area (Å²) in [6.07, 6.45) is 7.92. The van der Waals surface area contributed by atoms with E-state index in [1.165, 1.54) is 0 Å². The molecule has 6 rings (SSSR count). The zero-order valence-electron chi connectivity index (χ0n) is 21.1. The number of nitrogens with zero attached hydrogens (tertiary/aromatic N) is 3. The Labute approximate surface area is 222 Å². The summed E-state index contributed by atoms with van der Waals surface area (Å²) in [4.78, 5) is 19.8. The summed E-state index contributed by atoms with van der Waals surface area (Å²) in [6, 6.07) is 21.4. The maximum absolute atomic E-state index is 13.3. The molecule has 2 aromatic carbocycles. The second kappa shape index (κ2) is 9.93. The molecule has 8 nitrogen and oxygen atoms in total. The molecule has 3 heterocycles. The van der Waals surface area contributed by atoms with Crippen LogP contribution < -0.4 is 21.3 Å². The van der Waals surface area contributed by atoms with Crippen LogP contribution in [0.15, 0.2) is 78.5 Å². The monoisotopic (exact) mass is 506 g/mol. The number of carbonyl (C=O) groups excluding carboxylic acids is 1. The van der Waals surface area contributed by atoms with Crippen LogP contribution in [0.1, 0.15) is 37.7 Å². The molecule has 192 valence electrons. The van der Waals surface area contributed by atoms with E-state index in [-0.39, 0.29) is 17.5 Å². The minimum absolute atomic E-state index is 0.0848. The number of hydrogen-bond donors (Lipinski definition) is 3. The Bertz CT molecular complexity index is 1410. The average Bonchev–Trinajstić information content (AvgIpc) is 3.55. The number of ether oxygens (including phenoxy) is 1. The Morgan fingerprint density at radius 3 is 2.63 bits per heavy atom. The number of nitriles is 1. The smallest absolute Gasteiger partial charge is 0.264 e. The number of nitrogens with two attached hydrogens (primary N) is 1. The van der Waals surface area contributed by atoms with E-state index in [0.29, 0.717) is 18.9 Å². The van der Waals surface area contributed by atoms with Crippen molar-refractivity contribution >= 4 is 11.6 Å². The number of anilines is 1. The van der Waals surface area contributed by atoms with Gasteiger partial charge >= 0.3 is 0 Å². The molecule has 4 N–H and O–H groups in total. The van der Waals surface area contributed by atoms with Crippen molar-refractivity contribution < 1.29 is 9.53 Å². The van der Waals surface area contributed by atoms with Gasteiger partial charge in [0.2, 0.25) is 0 Å². The summed E-state index contributed by atoms with van der Waals surface area (Å²) in [5.74, 6) is 1.68. The van der Waals surface area contributed by atoms with Crippen LogP contribution in [-0.2, 0) is 10.5 Å². The molecular formula is C30H30N6O2. The van der Waals surface area contributed by atoms with Crippen molar-refractivity contribution in [3.63, 3.8) is 0 Å². The molecule has 0 bridgehead atoms. The van der Waals surface area contributed by atoms with E-state index in [9.17, 15) is 10.1 Å². The third kappa shape index (κ3) is 4.74. The average molecular weight is 507 g/mol. The number of hydrogen-bond acceptors (Lipinski definition) is 7. The first kappa shape index (κ1) is 24.2. The molecule has 0 spiro atoms. The van der Waals surface area contributed by atoms with Crippen LogP contribution in [0.5, 0.6) is 11.5 Å². The van der Waals surface area contributed by atoms with E-state index in [1.807, 2.05) is 71.6 Å². The zero-order valence-corrected chi connectivity index (χ0v) is 21.1. The lowest BCUT2D eigenvalue weighted by Gasteiger charge is -2.33. The quantitative estimate of drug-likeness (QED) is 0.311. The fourth-order valence-electron chi connectivity index (χ4n) is 5.43. The van der Waals surface area contributed by atoms with Crippen molar-refractivity contribution in [2.24, 2.45) is 11.7 Å². The highest BCUT2D eigenvalue weighted by molar-refractivity contribution is 5.97. The standard InChI is InChI=1S/C30H30N6O2/c31-19-22(17-20-8-9-20)29(37)36-16-4-5-23(36)18-30(32)27-26(34-35-30)14-15-33-28(27)21-10-12-25(13-11-21)38-24-6-2-1-3-7-24/h1-3,6-7,10-15,17,20,23,34-35H,4-5,8-9,16,18,32H2/b22-17+. The lowest BCUT2D eigenvalue weighted by molar-refractivity contribution is -0.127. The van der Waals surface area contributed by atoms with Gasteiger partial charge in [-0.3, -0.25) is 9.78 Å². The molecule has 2 unspecified atom stereocenters. The molecule has 1 aliphatic carbocycles. The molecule has 1 aromatic heterocycles. The van der Waals surface area contributed by atoms with Gasteiger partial charge < -0.3 is 20.8 Å². The first-order valence-electron chi connectivity index (χ1n) is 13.1. The van der Waals surface area contributed by atoms with E-state index in [0.717, 1.165) is 59.7 Å². The van der Waals surface area contributed by atoms with Crippen LogP contribution in [0.3, 0.4) is 0 Å². The highest BCUT2D eigenvalue weighted by Crippen LogP contribution is 2.41. The van der Waals surface area contributed by atoms with Crippen LogP contribution in [0, 0.1) is 17.2 Å². The van der Waals surface area contributed by atoms with Crippen molar-refractivity contribution in [1.29, 1.82) is 5.26 Å². The summed E-state index contributed by atoms with van der Waals surface area (Å²) in [6.45, 7) is 0.631.